The zero-order chi connectivity index (χ0) is 27.9. The van der Waals surface area contributed by atoms with Crippen LogP contribution in [-0.2, 0) is 46.4 Å². The molecule has 0 fully saturated rings. The first kappa shape index (κ1) is 29.8. The largest absolute Gasteiger partial charge is 0.480 e. The molecule has 0 radical (unpaired) electrons. The van der Waals surface area contributed by atoms with E-state index in [1.165, 1.54) is 6.92 Å². The molecule has 204 valence electrons. The van der Waals surface area contributed by atoms with E-state index in [1.54, 1.807) is 61.5 Å². The van der Waals surface area contributed by atoms with Crippen molar-refractivity contribution >= 4 is 29.9 Å². The molecule has 0 aromatic heterocycles. The number of alkyl carbamates (subject to hydrolysis) is 1. The van der Waals surface area contributed by atoms with Crippen LogP contribution in [-0.4, -0.2) is 60.3 Å². The number of nitrogens with one attached hydrogen (secondary N) is 2. The molecule has 0 aliphatic carbocycles. The van der Waals surface area contributed by atoms with Crippen molar-refractivity contribution in [3.63, 3.8) is 0 Å². The van der Waals surface area contributed by atoms with E-state index in [4.69, 9.17) is 14.2 Å². The first-order chi connectivity index (χ1) is 18.2. The van der Waals surface area contributed by atoms with E-state index in [2.05, 4.69) is 10.6 Å². The zero-order valence-corrected chi connectivity index (χ0v) is 21.3. The molecule has 0 heterocycles. The second-order valence-corrected chi connectivity index (χ2v) is 8.14. The number of esters is 2. The molecule has 2 aromatic carbocycles. The van der Waals surface area contributed by atoms with Gasteiger partial charge in [-0.25, -0.2) is 9.59 Å². The first-order valence-corrected chi connectivity index (χ1v) is 12.1. The van der Waals surface area contributed by atoms with E-state index in [1.807, 2.05) is 6.07 Å². The smallest absolute Gasteiger partial charge is 0.408 e. The predicted molar refractivity (Wildman–Crippen MR) is 135 cm³/mol. The second kappa shape index (κ2) is 15.6. The quantitative estimate of drug-likeness (QED) is 0.247. The van der Waals surface area contributed by atoms with Gasteiger partial charge in [0.1, 0.15) is 18.7 Å². The van der Waals surface area contributed by atoms with E-state index in [0.29, 0.717) is 5.56 Å². The number of amides is 2. The van der Waals surface area contributed by atoms with Gasteiger partial charge in [0.2, 0.25) is 5.91 Å². The summed E-state index contributed by atoms with van der Waals surface area (Å²) in [5.74, 6) is -5.82. The molecule has 11 heteroatoms. The number of carboxylic acids is 1. The summed E-state index contributed by atoms with van der Waals surface area (Å²) in [6.07, 6.45) is -1.52. The van der Waals surface area contributed by atoms with Gasteiger partial charge in [0.25, 0.3) is 0 Å². The van der Waals surface area contributed by atoms with Crippen LogP contribution >= 0.6 is 0 Å². The van der Waals surface area contributed by atoms with Gasteiger partial charge in [-0.15, -0.1) is 0 Å². The Morgan fingerprint density at radius 2 is 1.37 bits per heavy atom. The lowest BCUT2D eigenvalue weighted by molar-refractivity contribution is -0.160. The number of hydrogen-bond donors (Lipinski definition) is 3. The molecular weight excluding hydrogens is 496 g/mol. The average molecular weight is 529 g/mol. The molecule has 0 saturated heterocycles. The molecule has 2 amide bonds. The fourth-order valence-corrected chi connectivity index (χ4v) is 3.54. The molecule has 0 aliphatic rings. The first-order valence-electron chi connectivity index (χ1n) is 12.1. The number of aliphatic carboxylic acids is 1. The van der Waals surface area contributed by atoms with Gasteiger partial charge >= 0.3 is 24.0 Å². The molecule has 0 unspecified atom stereocenters. The Hall–Kier alpha value is -4.41. The Bertz CT molecular complexity index is 1080. The van der Waals surface area contributed by atoms with Crippen LogP contribution in [0.4, 0.5) is 4.79 Å². The summed E-state index contributed by atoms with van der Waals surface area (Å²) in [5.41, 5.74) is 1.41. The van der Waals surface area contributed by atoms with Crippen molar-refractivity contribution in [2.45, 2.75) is 45.4 Å². The van der Waals surface area contributed by atoms with Gasteiger partial charge in [-0.05, 0) is 25.0 Å². The molecule has 3 N–H and O–H groups in total. The monoisotopic (exact) mass is 528 g/mol. The van der Waals surface area contributed by atoms with Gasteiger partial charge in [-0.3, -0.25) is 14.4 Å². The molecule has 0 bridgehead atoms. The highest BCUT2D eigenvalue weighted by atomic mass is 16.6. The summed E-state index contributed by atoms with van der Waals surface area (Å²) < 4.78 is 15.0. The molecular formula is C27H32N2O9. The lowest BCUT2D eigenvalue weighted by atomic mass is 9.95. The van der Waals surface area contributed by atoms with Crippen LogP contribution in [0.15, 0.2) is 60.7 Å². The van der Waals surface area contributed by atoms with Crippen molar-refractivity contribution in [1.29, 1.82) is 0 Å². The SMILES string of the molecule is CCOC(=O)C[C@@H](C(=O)OCC)[C@@H](NC(=O)[C@@H](Cc1ccccc1)NC(=O)OCc1ccccc1)C(=O)O. The van der Waals surface area contributed by atoms with Gasteiger partial charge in [0, 0.05) is 6.42 Å². The van der Waals surface area contributed by atoms with E-state index in [0.717, 1.165) is 5.56 Å². The number of rotatable bonds is 14. The predicted octanol–water partition coefficient (Wildman–Crippen LogP) is 2.23. The van der Waals surface area contributed by atoms with Gasteiger partial charge in [0.05, 0.1) is 25.6 Å². The van der Waals surface area contributed by atoms with Crippen LogP contribution in [0.25, 0.3) is 0 Å². The number of carboxylic acid groups (broad SMARTS) is 1. The van der Waals surface area contributed by atoms with E-state index < -0.39 is 54.3 Å². The van der Waals surface area contributed by atoms with Crippen molar-refractivity contribution in [1.82, 2.24) is 10.6 Å². The summed E-state index contributed by atoms with van der Waals surface area (Å²) in [5, 5.41) is 14.6. The topological polar surface area (TPSA) is 157 Å². The van der Waals surface area contributed by atoms with Crippen LogP contribution in [0, 0.1) is 5.92 Å². The number of ether oxygens (including phenoxy) is 3. The Morgan fingerprint density at radius 1 is 0.789 bits per heavy atom. The van der Waals surface area contributed by atoms with Gasteiger partial charge in [-0.2, -0.15) is 0 Å². The molecule has 0 spiro atoms. The highest BCUT2D eigenvalue weighted by Gasteiger charge is 2.39. The summed E-state index contributed by atoms with van der Waals surface area (Å²) in [6, 6.07) is 14.5. The average Bonchev–Trinajstić information content (AvgIpc) is 2.90. The third-order valence-corrected chi connectivity index (χ3v) is 5.35. The number of carbonyl (C=O) groups excluding carboxylic acids is 4. The highest BCUT2D eigenvalue weighted by Crippen LogP contribution is 2.15. The van der Waals surface area contributed by atoms with Gasteiger partial charge in [0.15, 0.2) is 0 Å². The summed E-state index contributed by atoms with van der Waals surface area (Å²) >= 11 is 0. The minimum Gasteiger partial charge on any atom is -0.480 e. The third-order valence-electron chi connectivity index (χ3n) is 5.35. The maximum atomic E-state index is 13.3. The normalized spacial score (nSPS) is 12.8. The summed E-state index contributed by atoms with van der Waals surface area (Å²) in [4.78, 5) is 62.5. The van der Waals surface area contributed by atoms with Crippen LogP contribution in [0.1, 0.15) is 31.4 Å². The van der Waals surface area contributed by atoms with Crippen LogP contribution in [0.3, 0.4) is 0 Å². The highest BCUT2D eigenvalue weighted by molar-refractivity contribution is 5.93. The Balaban J connectivity index is 2.23. The number of carbonyl (C=O) groups is 5. The van der Waals surface area contributed by atoms with Gasteiger partial charge < -0.3 is 30.0 Å². The van der Waals surface area contributed by atoms with Crippen molar-refractivity contribution in [3.8, 4) is 0 Å². The van der Waals surface area contributed by atoms with Crippen molar-refractivity contribution in [2.75, 3.05) is 13.2 Å². The zero-order valence-electron chi connectivity index (χ0n) is 21.3. The number of hydrogen-bond acceptors (Lipinski definition) is 8. The standard InChI is InChI=1S/C27H32N2O9/c1-3-36-22(30)16-20(26(34)37-4-2)23(25(32)33)29-24(31)21(15-18-11-7-5-8-12-18)28-27(35)38-17-19-13-9-6-10-14-19/h5-14,20-21,23H,3-4,15-17H2,1-2H3,(H,28,35)(H,29,31)(H,32,33)/t20-,21-,23-/m1/s1. The van der Waals surface area contributed by atoms with Crippen LogP contribution in [0.2, 0.25) is 0 Å². The van der Waals surface area contributed by atoms with Crippen molar-refractivity contribution in [3.05, 3.63) is 71.8 Å². The fraction of sp³-hybridized carbons (Fsp3) is 0.370. The molecule has 3 atom stereocenters. The van der Waals surface area contributed by atoms with Gasteiger partial charge in [-0.1, -0.05) is 60.7 Å². The third kappa shape index (κ3) is 9.92. The second-order valence-electron chi connectivity index (χ2n) is 8.14. The molecule has 0 saturated carbocycles. The Kier molecular flexibility index (Phi) is 12.3. The minimum absolute atomic E-state index is 0.00139. The minimum atomic E-state index is -1.83. The molecule has 0 aliphatic heterocycles. The van der Waals surface area contributed by atoms with Crippen molar-refractivity contribution < 1.29 is 43.3 Å². The fourth-order valence-electron chi connectivity index (χ4n) is 3.54. The van der Waals surface area contributed by atoms with E-state index in [9.17, 15) is 29.1 Å². The Labute approximate surface area is 220 Å². The lowest BCUT2D eigenvalue weighted by Crippen LogP contribution is -2.56. The number of benzene rings is 2. The van der Waals surface area contributed by atoms with Crippen LogP contribution < -0.4 is 10.6 Å². The molecule has 2 aromatic rings. The van der Waals surface area contributed by atoms with E-state index in [-0.39, 0.29) is 26.2 Å². The lowest BCUT2D eigenvalue weighted by Gasteiger charge is -2.25. The maximum Gasteiger partial charge on any atom is 0.408 e. The Morgan fingerprint density at radius 3 is 1.92 bits per heavy atom. The summed E-state index contributed by atoms with van der Waals surface area (Å²) in [6.45, 7) is 2.99. The maximum absolute atomic E-state index is 13.3. The molecule has 38 heavy (non-hydrogen) atoms. The van der Waals surface area contributed by atoms with Crippen LogP contribution in [0.5, 0.6) is 0 Å². The summed E-state index contributed by atoms with van der Waals surface area (Å²) in [7, 11) is 0. The molecule has 2 rings (SSSR count). The molecule has 11 nitrogen and oxygen atoms in total. The van der Waals surface area contributed by atoms with E-state index >= 15 is 0 Å². The van der Waals surface area contributed by atoms with Crippen molar-refractivity contribution in [2.24, 2.45) is 5.92 Å².